The van der Waals surface area contributed by atoms with Crippen LogP contribution >= 0.6 is 0 Å². The molecule has 3 nitrogen and oxygen atoms in total. The minimum Gasteiger partial charge on any atom is -0.541 e. The van der Waals surface area contributed by atoms with Crippen molar-refractivity contribution < 1.29 is 9.63 Å². The number of hydrogen-bond acceptors (Lipinski definition) is 3. The third-order valence-corrected chi connectivity index (χ3v) is 0.377. The van der Waals surface area contributed by atoms with Gasteiger partial charge in [0.05, 0.1) is 0 Å². The van der Waals surface area contributed by atoms with Gasteiger partial charge >= 0.3 is 0 Å². The van der Waals surface area contributed by atoms with Crippen LogP contribution in [0.1, 0.15) is 0 Å². The molecule has 0 atom stereocenters. The molecule has 0 aliphatic heterocycles. The molecule has 0 aliphatic carbocycles. The summed E-state index contributed by atoms with van der Waals surface area (Å²) in [6.45, 7) is 0. The van der Waals surface area contributed by atoms with E-state index in [0.29, 0.717) is 0 Å². The summed E-state index contributed by atoms with van der Waals surface area (Å²) >= 11 is 0. The minimum atomic E-state index is -0.0602. The molecule has 1 heterocycles. The van der Waals surface area contributed by atoms with E-state index < -0.39 is 0 Å². The average molecular weight is 84.1 g/mol. The maximum Gasteiger partial charge on any atom is 0.00908 e. The van der Waals surface area contributed by atoms with Gasteiger partial charge in [0, 0.05) is 12.0 Å². The maximum absolute atomic E-state index is 8.26. The number of hydrogen-bond donors (Lipinski definition) is 1. The lowest BCUT2D eigenvalue weighted by Crippen LogP contribution is -1.46. The monoisotopic (exact) mass is 84.0 g/mol. The summed E-state index contributed by atoms with van der Waals surface area (Å²) in [6, 6.07) is 0. The first-order chi connectivity index (χ1) is 2.89. The van der Waals surface area contributed by atoms with Crippen molar-refractivity contribution >= 4 is 0 Å². The Balaban J connectivity index is 3.05. The van der Waals surface area contributed by atoms with Crippen molar-refractivity contribution in [1.82, 2.24) is 5.16 Å². The van der Waals surface area contributed by atoms with Crippen molar-refractivity contribution in [2.24, 2.45) is 0 Å². The van der Waals surface area contributed by atoms with E-state index in [2.05, 4.69) is 15.9 Å². The molecule has 0 bridgehead atoms. The maximum atomic E-state index is 8.26. The standard InChI is InChI=1S/C3H2NO2/c5-3-1-4-6-2-3/h2,5H/q-1. The zero-order chi connectivity index (χ0) is 4.41. The molecule has 0 amide bonds. The summed E-state index contributed by atoms with van der Waals surface area (Å²) in [5, 5.41) is 11.3. The van der Waals surface area contributed by atoms with Gasteiger partial charge in [-0.2, -0.15) is 0 Å². The average Bonchev–Trinajstić information content (AvgIpc) is 1.86. The lowest BCUT2D eigenvalue weighted by atomic mass is 10.7. The highest BCUT2D eigenvalue weighted by molar-refractivity contribution is 5.01. The van der Waals surface area contributed by atoms with Gasteiger partial charge in [0.1, 0.15) is 0 Å². The van der Waals surface area contributed by atoms with Gasteiger partial charge in [-0.15, -0.1) is 0 Å². The summed E-state index contributed by atoms with van der Waals surface area (Å²) in [6.07, 6.45) is 3.24. The largest absolute Gasteiger partial charge is 0.541 e. The first-order valence-corrected chi connectivity index (χ1v) is 1.40. The molecule has 1 aromatic heterocycles. The molecule has 0 unspecified atom stereocenters. The first-order valence-electron chi connectivity index (χ1n) is 1.40. The highest BCUT2D eigenvalue weighted by atomic mass is 16.5. The Morgan fingerprint density at radius 1 is 2.00 bits per heavy atom. The molecule has 32 valence electrons. The molecule has 0 saturated heterocycles. The topological polar surface area (TPSA) is 46.3 Å². The fourth-order valence-corrected chi connectivity index (χ4v) is 0.176. The molecule has 0 radical (unpaired) electrons. The van der Waals surface area contributed by atoms with Gasteiger partial charge in [-0.05, 0) is 0 Å². The summed E-state index contributed by atoms with van der Waals surface area (Å²) in [5.74, 6) is -0.0602. The highest BCUT2D eigenvalue weighted by Gasteiger charge is 1.66. The van der Waals surface area contributed by atoms with Gasteiger partial charge in [0.15, 0.2) is 0 Å². The predicted molar refractivity (Wildman–Crippen MR) is 17.0 cm³/mol. The van der Waals surface area contributed by atoms with Crippen LogP contribution in [-0.2, 0) is 0 Å². The minimum absolute atomic E-state index is 0.0602. The van der Waals surface area contributed by atoms with Crippen LogP contribution in [0, 0.1) is 6.20 Å². The Labute approximate surface area is 34.2 Å². The molecule has 0 aromatic carbocycles. The smallest absolute Gasteiger partial charge is 0.00908 e. The van der Waals surface area contributed by atoms with Crippen molar-refractivity contribution in [3.63, 3.8) is 0 Å². The number of nitrogens with zero attached hydrogens (tertiary/aromatic N) is 1. The summed E-state index contributed by atoms with van der Waals surface area (Å²) in [5.41, 5.74) is 0. The summed E-state index contributed by atoms with van der Waals surface area (Å²) in [4.78, 5) is 0. The molecule has 1 rings (SSSR count). The van der Waals surface area contributed by atoms with Gasteiger partial charge in [-0.1, -0.05) is 6.20 Å². The predicted octanol–water partition coefficient (Wildman–Crippen LogP) is 0.180. The van der Waals surface area contributed by atoms with Crippen LogP contribution in [0.4, 0.5) is 0 Å². The third kappa shape index (κ3) is 0.337. The normalized spacial score (nSPS) is 8.67. The van der Waals surface area contributed by atoms with Gasteiger partial charge in [0.25, 0.3) is 0 Å². The lowest BCUT2D eigenvalue weighted by molar-refractivity contribution is 0.407. The molecule has 1 aromatic rings. The molecule has 0 aliphatic rings. The SMILES string of the molecule is Oc1[c-]noc1. The Bertz CT molecular complexity index is 112. The van der Waals surface area contributed by atoms with Crippen LogP contribution in [-0.4, -0.2) is 10.3 Å². The van der Waals surface area contributed by atoms with Gasteiger partial charge in [0.2, 0.25) is 0 Å². The molecular formula is C3H2NO2-. The van der Waals surface area contributed by atoms with Crippen molar-refractivity contribution in [2.75, 3.05) is 0 Å². The van der Waals surface area contributed by atoms with Crippen LogP contribution in [0.3, 0.4) is 0 Å². The van der Waals surface area contributed by atoms with Crippen molar-refractivity contribution in [1.29, 1.82) is 0 Å². The molecule has 3 heteroatoms. The summed E-state index contributed by atoms with van der Waals surface area (Å²) in [7, 11) is 0. The van der Waals surface area contributed by atoms with E-state index in [4.69, 9.17) is 5.11 Å². The lowest BCUT2D eigenvalue weighted by Gasteiger charge is -1.75. The summed E-state index contributed by atoms with van der Waals surface area (Å²) < 4.78 is 4.16. The van der Waals surface area contributed by atoms with Crippen LogP contribution in [0.5, 0.6) is 5.75 Å². The number of rotatable bonds is 0. The van der Waals surface area contributed by atoms with Crippen molar-refractivity contribution in [3.05, 3.63) is 12.5 Å². The van der Waals surface area contributed by atoms with E-state index in [1.54, 1.807) is 0 Å². The van der Waals surface area contributed by atoms with E-state index in [1.165, 1.54) is 0 Å². The Kier molecular flexibility index (Phi) is 0.538. The second kappa shape index (κ2) is 1.01. The Hall–Kier alpha value is -0.990. The molecule has 0 spiro atoms. The van der Waals surface area contributed by atoms with E-state index in [-0.39, 0.29) is 5.75 Å². The van der Waals surface area contributed by atoms with Crippen molar-refractivity contribution in [2.45, 2.75) is 0 Å². The number of aromatic hydroxyl groups is 1. The Morgan fingerprint density at radius 3 is 3.00 bits per heavy atom. The fraction of sp³-hybridized carbons (Fsp3) is 0. The van der Waals surface area contributed by atoms with Crippen LogP contribution in [0.2, 0.25) is 0 Å². The van der Waals surface area contributed by atoms with E-state index in [0.717, 1.165) is 6.26 Å². The first kappa shape index (κ1) is 3.21. The molecule has 0 fully saturated rings. The van der Waals surface area contributed by atoms with Crippen LogP contribution in [0.15, 0.2) is 10.8 Å². The van der Waals surface area contributed by atoms with Gasteiger partial charge < -0.3 is 9.63 Å². The Morgan fingerprint density at radius 2 is 2.83 bits per heavy atom. The van der Waals surface area contributed by atoms with Crippen LogP contribution in [0.25, 0.3) is 0 Å². The van der Waals surface area contributed by atoms with Gasteiger partial charge in [-0.25, -0.2) is 5.16 Å². The number of aromatic nitrogens is 1. The quantitative estimate of drug-likeness (QED) is 0.456. The highest BCUT2D eigenvalue weighted by Crippen LogP contribution is 1.99. The molecule has 0 saturated carbocycles. The van der Waals surface area contributed by atoms with E-state index in [1.807, 2.05) is 0 Å². The van der Waals surface area contributed by atoms with Crippen molar-refractivity contribution in [3.8, 4) is 5.75 Å². The zero-order valence-corrected chi connectivity index (χ0v) is 2.88. The van der Waals surface area contributed by atoms with Gasteiger partial charge in [-0.3, -0.25) is 0 Å². The second-order valence-electron chi connectivity index (χ2n) is 0.812. The molecule has 1 N–H and O–H groups in total. The fourth-order valence-electron chi connectivity index (χ4n) is 0.176. The third-order valence-electron chi connectivity index (χ3n) is 0.377. The van der Waals surface area contributed by atoms with Crippen LogP contribution < -0.4 is 0 Å². The molecule has 6 heavy (non-hydrogen) atoms. The van der Waals surface area contributed by atoms with E-state index in [9.17, 15) is 0 Å². The van der Waals surface area contributed by atoms with E-state index >= 15 is 0 Å². The molecular weight excluding hydrogens is 82.0 g/mol. The zero-order valence-electron chi connectivity index (χ0n) is 2.88. The second-order valence-corrected chi connectivity index (χ2v) is 0.812.